The Morgan fingerprint density at radius 2 is 1.57 bits per heavy atom. The molecule has 0 heterocycles. The molecule has 2 aliphatic rings. The lowest BCUT2D eigenvalue weighted by atomic mass is 9.78. The zero-order chi connectivity index (χ0) is 15.7. The first-order valence-electron chi connectivity index (χ1n) is 7.67. The van der Waals surface area contributed by atoms with Gasteiger partial charge in [0.2, 0.25) is 11.8 Å². The van der Waals surface area contributed by atoms with E-state index in [1.54, 1.807) is 0 Å². The Morgan fingerprint density at radius 1 is 1.05 bits per heavy atom. The van der Waals surface area contributed by atoms with Crippen molar-refractivity contribution in [1.29, 1.82) is 0 Å². The summed E-state index contributed by atoms with van der Waals surface area (Å²) in [5, 5.41) is 9.58. The van der Waals surface area contributed by atoms with Gasteiger partial charge in [0.05, 0.1) is 0 Å². The van der Waals surface area contributed by atoms with E-state index in [9.17, 15) is 23.5 Å². The van der Waals surface area contributed by atoms with Gasteiger partial charge in [0, 0.05) is 25.8 Å². The molecule has 0 aromatic rings. The van der Waals surface area contributed by atoms with Crippen molar-refractivity contribution in [3.63, 3.8) is 0 Å². The maximum absolute atomic E-state index is 13.2. The van der Waals surface area contributed by atoms with Crippen LogP contribution in [0.2, 0.25) is 0 Å². The standard InChI is InChI=1S/C15H23F2NO3/c1-18(14(13(20)21)7-3-2-4-8-14)12(19)11-5-9-15(16,17)10-6-11/h11H,2-10H2,1H3,(H,20,21). The highest BCUT2D eigenvalue weighted by molar-refractivity contribution is 5.88. The van der Waals surface area contributed by atoms with Gasteiger partial charge in [-0.3, -0.25) is 4.79 Å². The van der Waals surface area contributed by atoms with Crippen LogP contribution >= 0.6 is 0 Å². The highest BCUT2D eigenvalue weighted by Gasteiger charge is 2.48. The zero-order valence-electron chi connectivity index (χ0n) is 12.4. The van der Waals surface area contributed by atoms with E-state index in [1.807, 2.05) is 0 Å². The minimum absolute atomic E-state index is 0.145. The van der Waals surface area contributed by atoms with Crippen molar-refractivity contribution in [2.45, 2.75) is 69.2 Å². The molecule has 0 bridgehead atoms. The van der Waals surface area contributed by atoms with Crippen molar-refractivity contribution in [3.05, 3.63) is 0 Å². The molecule has 1 N–H and O–H groups in total. The maximum Gasteiger partial charge on any atom is 0.329 e. The summed E-state index contributed by atoms with van der Waals surface area (Å²) in [7, 11) is 1.52. The van der Waals surface area contributed by atoms with Gasteiger partial charge in [-0.1, -0.05) is 19.3 Å². The van der Waals surface area contributed by atoms with E-state index in [0.29, 0.717) is 12.8 Å². The van der Waals surface area contributed by atoms with Crippen LogP contribution < -0.4 is 0 Å². The minimum Gasteiger partial charge on any atom is -0.479 e. The Kier molecular flexibility index (Phi) is 4.54. The van der Waals surface area contributed by atoms with Gasteiger partial charge in [-0.25, -0.2) is 13.6 Å². The molecule has 6 heteroatoms. The van der Waals surface area contributed by atoms with Gasteiger partial charge >= 0.3 is 5.97 Å². The second-order valence-electron chi connectivity index (χ2n) is 6.42. The number of carbonyl (C=O) groups excluding carboxylic acids is 1. The largest absolute Gasteiger partial charge is 0.479 e. The number of alkyl halides is 2. The molecule has 0 radical (unpaired) electrons. The Labute approximate surface area is 123 Å². The quantitative estimate of drug-likeness (QED) is 0.871. The van der Waals surface area contributed by atoms with Crippen LogP contribution in [-0.4, -0.2) is 40.4 Å². The number of amides is 1. The van der Waals surface area contributed by atoms with Crippen molar-refractivity contribution < 1.29 is 23.5 Å². The summed E-state index contributed by atoms with van der Waals surface area (Å²) in [6.45, 7) is 0. The number of aliphatic carboxylic acids is 1. The van der Waals surface area contributed by atoms with E-state index in [1.165, 1.54) is 11.9 Å². The molecule has 0 aliphatic heterocycles. The first kappa shape index (κ1) is 16.2. The molecular weight excluding hydrogens is 280 g/mol. The predicted molar refractivity (Wildman–Crippen MR) is 73.1 cm³/mol. The molecule has 0 saturated heterocycles. The van der Waals surface area contributed by atoms with Gasteiger partial charge in [0.15, 0.2) is 0 Å². The van der Waals surface area contributed by atoms with Crippen LogP contribution in [0.3, 0.4) is 0 Å². The number of rotatable bonds is 3. The molecule has 2 saturated carbocycles. The average molecular weight is 303 g/mol. The first-order valence-corrected chi connectivity index (χ1v) is 7.67. The molecule has 120 valence electrons. The second kappa shape index (κ2) is 5.89. The van der Waals surface area contributed by atoms with Gasteiger partial charge in [0.25, 0.3) is 0 Å². The summed E-state index contributed by atoms with van der Waals surface area (Å²) in [4.78, 5) is 25.6. The molecule has 2 fully saturated rings. The number of likely N-dealkylation sites (N-methyl/N-ethyl adjacent to an activating group) is 1. The van der Waals surface area contributed by atoms with Crippen LogP contribution in [0.15, 0.2) is 0 Å². The van der Waals surface area contributed by atoms with Gasteiger partial charge in [-0.15, -0.1) is 0 Å². The molecule has 4 nitrogen and oxygen atoms in total. The van der Waals surface area contributed by atoms with E-state index in [2.05, 4.69) is 0 Å². The molecule has 0 atom stereocenters. The van der Waals surface area contributed by atoms with Crippen molar-refractivity contribution in [3.8, 4) is 0 Å². The summed E-state index contributed by atoms with van der Waals surface area (Å²) in [5.74, 6) is -4.40. The first-order chi connectivity index (χ1) is 9.78. The average Bonchev–Trinajstić information content (AvgIpc) is 2.46. The van der Waals surface area contributed by atoms with E-state index < -0.39 is 23.3 Å². The van der Waals surface area contributed by atoms with Crippen molar-refractivity contribution >= 4 is 11.9 Å². The Bertz CT molecular complexity index is 409. The van der Waals surface area contributed by atoms with Crippen LogP contribution in [0.4, 0.5) is 8.78 Å². The summed E-state index contributed by atoms with van der Waals surface area (Å²) < 4.78 is 26.4. The third-order valence-electron chi connectivity index (χ3n) is 5.12. The molecule has 0 spiro atoms. The smallest absolute Gasteiger partial charge is 0.329 e. The highest BCUT2D eigenvalue weighted by atomic mass is 19.3. The Hall–Kier alpha value is -1.20. The molecule has 0 unspecified atom stereocenters. The molecule has 0 aromatic carbocycles. The Morgan fingerprint density at radius 3 is 2.05 bits per heavy atom. The van der Waals surface area contributed by atoms with E-state index >= 15 is 0 Å². The van der Waals surface area contributed by atoms with Gasteiger partial charge in [-0.2, -0.15) is 0 Å². The number of carboxylic acid groups (broad SMARTS) is 1. The fourth-order valence-corrected chi connectivity index (χ4v) is 3.60. The summed E-state index contributed by atoms with van der Waals surface area (Å²) in [5.41, 5.74) is -1.14. The van der Waals surface area contributed by atoms with Crippen molar-refractivity contribution in [2.24, 2.45) is 5.92 Å². The van der Waals surface area contributed by atoms with Crippen LogP contribution in [0.5, 0.6) is 0 Å². The van der Waals surface area contributed by atoms with E-state index in [4.69, 9.17) is 0 Å². The number of hydrogen-bond acceptors (Lipinski definition) is 2. The maximum atomic E-state index is 13.2. The number of halogens is 2. The topological polar surface area (TPSA) is 57.6 Å². The molecule has 0 aromatic heterocycles. The molecular formula is C15H23F2NO3. The Balaban J connectivity index is 2.08. The molecule has 2 aliphatic carbocycles. The number of carbonyl (C=O) groups is 2. The third-order valence-corrected chi connectivity index (χ3v) is 5.12. The van der Waals surface area contributed by atoms with E-state index in [-0.39, 0.29) is 31.6 Å². The normalized spacial score (nSPS) is 25.3. The van der Waals surface area contributed by atoms with Crippen molar-refractivity contribution in [2.75, 3.05) is 7.05 Å². The van der Waals surface area contributed by atoms with Gasteiger partial charge < -0.3 is 10.0 Å². The minimum atomic E-state index is -2.68. The van der Waals surface area contributed by atoms with Crippen LogP contribution in [0.25, 0.3) is 0 Å². The lowest BCUT2D eigenvalue weighted by molar-refractivity contribution is -0.163. The highest BCUT2D eigenvalue weighted by Crippen LogP contribution is 2.39. The monoisotopic (exact) mass is 303 g/mol. The molecule has 21 heavy (non-hydrogen) atoms. The summed E-state index contributed by atoms with van der Waals surface area (Å²) in [6.07, 6.45) is 3.18. The number of carboxylic acids is 1. The van der Waals surface area contributed by atoms with Crippen LogP contribution in [-0.2, 0) is 9.59 Å². The van der Waals surface area contributed by atoms with Crippen molar-refractivity contribution in [1.82, 2.24) is 4.90 Å². The lowest BCUT2D eigenvalue weighted by Crippen LogP contribution is -2.57. The summed E-state index contributed by atoms with van der Waals surface area (Å²) >= 11 is 0. The van der Waals surface area contributed by atoms with E-state index in [0.717, 1.165) is 19.3 Å². The second-order valence-corrected chi connectivity index (χ2v) is 6.42. The number of hydrogen-bond donors (Lipinski definition) is 1. The molecule has 1 amide bonds. The number of nitrogens with zero attached hydrogens (tertiary/aromatic N) is 1. The predicted octanol–water partition coefficient (Wildman–Crippen LogP) is 3.06. The lowest BCUT2D eigenvalue weighted by Gasteiger charge is -2.43. The van der Waals surface area contributed by atoms with Gasteiger partial charge in [-0.05, 0) is 25.7 Å². The fourth-order valence-electron chi connectivity index (χ4n) is 3.60. The summed E-state index contributed by atoms with van der Waals surface area (Å²) in [6, 6.07) is 0. The third kappa shape index (κ3) is 3.19. The zero-order valence-corrected chi connectivity index (χ0v) is 12.4. The van der Waals surface area contributed by atoms with Crippen LogP contribution in [0, 0.1) is 5.92 Å². The van der Waals surface area contributed by atoms with Crippen LogP contribution in [0.1, 0.15) is 57.8 Å². The molecule has 2 rings (SSSR count). The SMILES string of the molecule is CN(C(=O)C1CCC(F)(F)CC1)C1(C(=O)O)CCCCC1. The fraction of sp³-hybridized carbons (Fsp3) is 0.867. The van der Waals surface area contributed by atoms with Gasteiger partial charge in [0.1, 0.15) is 5.54 Å².